The summed E-state index contributed by atoms with van der Waals surface area (Å²) in [5.41, 5.74) is 1.44. The lowest BCUT2D eigenvalue weighted by Gasteiger charge is -2.18. The summed E-state index contributed by atoms with van der Waals surface area (Å²) in [7, 11) is 3.09. The number of benzene rings is 2. The highest BCUT2D eigenvalue weighted by Crippen LogP contribution is 2.29. The van der Waals surface area contributed by atoms with Gasteiger partial charge in [-0.3, -0.25) is 4.79 Å². The van der Waals surface area contributed by atoms with Crippen molar-refractivity contribution >= 4 is 11.9 Å². The number of carbonyl (C=O) groups is 2. The highest BCUT2D eigenvalue weighted by atomic mass is 16.5. The van der Waals surface area contributed by atoms with Crippen molar-refractivity contribution < 1.29 is 23.8 Å². The zero-order valence-electron chi connectivity index (χ0n) is 15.3. The van der Waals surface area contributed by atoms with Crippen molar-refractivity contribution in [3.8, 4) is 17.6 Å². The van der Waals surface area contributed by atoms with Crippen LogP contribution >= 0.6 is 0 Å². The van der Waals surface area contributed by atoms with Gasteiger partial charge >= 0.3 is 5.97 Å². The number of nitriles is 1. The molecule has 1 atom stereocenters. The van der Waals surface area contributed by atoms with E-state index < -0.39 is 18.5 Å². The highest BCUT2D eigenvalue weighted by Gasteiger charge is 2.17. The minimum absolute atomic E-state index is 0.268. The summed E-state index contributed by atoms with van der Waals surface area (Å²) in [6, 6.07) is 12.8. The van der Waals surface area contributed by atoms with Crippen molar-refractivity contribution in [2.45, 2.75) is 13.0 Å². The Morgan fingerprint density at radius 2 is 1.81 bits per heavy atom. The van der Waals surface area contributed by atoms with Crippen LogP contribution in [0, 0.1) is 11.3 Å². The molecule has 2 rings (SSSR count). The Kier molecular flexibility index (Phi) is 6.78. The molecule has 27 heavy (non-hydrogen) atoms. The number of rotatable bonds is 7. The average molecular weight is 368 g/mol. The minimum atomic E-state index is -0.638. The van der Waals surface area contributed by atoms with E-state index in [0.29, 0.717) is 17.1 Å². The van der Waals surface area contributed by atoms with Gasteiger partial charge in [-0.25, -0.2) is 4.79 Å². The van der Waals surface area contributed by atoms with E-state index in [1.54, 1.807) is 39.3 Å². The summed E-state index contributed by atoms with van der Waals surface area (Å²) in [5, 5.41) is 11.5. The number of ether oxygens (including phenoxy) is 3. The molecular weight excluding hydrogens is 348 g/mol. The summed E-state index contributed by atoms with van der Waals surface area (Å²) < 4.78 is 15.5. The first-order chi connectivity index (χ1) is 13.0. The second-order valence-electron chi connectivity index (χ2n) is 5.66. The standard InChI is InChI=1S/C20H20N2O5/c1-13(17-10-16(25-2)8-9-18(17)26-3)22-19(23)12-27-20(24)15-6-4-14(11-21)5-7-15/h4-10,13H,12H2,1-3H3,(H,22,23)/t13-/m1/s1. The number of nitrogens with one attached hydrogen (secondary N) is 1. The predicted molar refractivity (Wildman–Crippen MR) is 97.5 cm³/mol. The Hall–Kier alpha value is -3.53. The third-order valence-electron chi connectivity index (χ3n) is 3.86. The SMILES string of the molecule is COc1ccc(OC)c([C@@H](C)NC(=O)COC(=O)c2ccc(C#N)cc2)c1. The maximum absolute atomic E-state index is 12.1. The van der Waals surface area contributed by atoms with E-state index in [4.69, 9.17) is 19.5 Å². The van der Waals surface area contributed by atoms with Crippen molar-refractivity contribution in [3.05, 3.63) is 59.2 Å². The molecule has 0 heterocycles. The van der Waals surface area contributed by atoms with Crippen LogP contribution in [-0.4, -0.2) is 32.7 Å². The molecule has 140 valence electrons. The molecule has 0 saturated carbocycles. The molecule has 7 nitrogen and oxygen atoms in total. The van der Waals surface area contributed by atoms with Gasteiger partial charge in [0.25, 0.3) is 5.91 Å². The second-order valence-corrected chi connectivity index (χ2v) is 5.66. The zero-order valence-corrected chi connectivity index (χ0v) is 15.3. The lowest BCUT2D eigenvalue weighted by molar-refractivity contribution is -0.124. The van der Waals surface area contributed by atoms with Gasteiger partial charge in [0.1, 0.15) is 11.5 Å². The molecule has 0 bridgehead atoms. The Bertz CT molecular complexity index is 856. The van der Waals surface area contributed by atoms with Crippen LogP contribution in [-0.2, 0) is 9.53 Å². The summed E-state index contributed by atoms with van der Waals surface area (Å²) in [6.45, 7) is 1.37. The molecule has 0 saturated heterocycles. The van der Waals surface area contributed by atoms with Crippen LogP contribution in [0.25, 0.3) is 0 Å². The van der Waals surface area contributed by atoms with Crippen LogP contribution in [0.4, 0.5) is 0 Å². The van der Waals surface area contributed by atoms with Crippen molar-refractivity contribution in [3.63, 3.8) is 0 Å². The topological polar surface area (TPSA) is 97.7 Å². The molecule has 0 unspecified atom stereocenters. The van der Waals surface area contributed by atoms with E-state index in [9.17, 15) is 9.59 Å². The molecule has 0 aliphatic heterocycles. The number of hydrogen-bond acceptors (Lipinski definition) is 6. The zero-order chi connectivity index (χ0) is 19.8. The first-order valence-corrected chi connectivity index (χ1v) is 8.17. The molecule has 0 spiro atoms. The largest absolute Gasteiger partial charge is 0.497 e. The van der Waals surface area contributed by atoms with Crippen LogP contribution in [0.3, 0.4) is 0 Å². The van der Waals surface area contributed by atoms with Gasteiger partial charge in [0.2, 0.25) is 0 Å². The van der Waals surface area contributed by atoms with Crippen molar-refractivity contribution in [1.29, 1.82) is 5.26 Å². The summed E-state index contributed by atoms with van der Waals surface area (Å²) >= 11 is 0. The minimum Gasteiger partial charge on any atom is -0.497 e. The number of esters is 1. The van der Waals surface area contributed by atoms with Gasteiger partial charge in [0, 0.05) is 5.56 Å². The second kappa shape index (κ2) is 9.25. The van der Waals surface area contributed by atoms with Gasteiger partial charge < -0.3 is 19.5 Å². The number of carbonyl (C=O) groups excluding carboxylic acids is 2. The summed E-state index contributed by atoms with van der Waals surface area (Å²) in [5.74, 6) is 0.160. The molecule has 0 radical (unpaired) electrons. The Morgan fingerprint density at radius 3 is 2.41 bits per heavy atom. The number of methoxy groups -OCH3 is 2. The predicted octanol–water partition coefficient (Wildman–Crippen LogP) is 2.61. The van der Waals surface area contributed by atoms with Gasteiger partial charge in [-0.15, -0.1) is 0 Å². The fourth-order valence-electron chi connectivity index (χ4n) is 2.43. The molecule has 0 fully saturated rings. The molecule has 7 heteroatoms. The third-order valence-corrected chi connectivity index (χ3v) is 3.86. The van der Waals surface area contributed by atoms with Gasteiger partial charge in [-0.2, -0.15) is 5.26 Å². The fraction of sp³-hybridized carbons (Fsp3) is 0.250. The van der Waals surface area contributed by atoms with Crippen molar-refractivity contribution in [1.82, 2.24) is 5.32 Å². The number of nitrogens with zero attached hydrogens (tertiary/aromatic N) is 1. The monoisotopic (exact) mass is 368 g/mol. The van der Waals surface area contributed by atoms with Gasteiger partial charge in [0.15, 0.2) is 6.61 Å². The number of amides is 1. The maximum atomic E-state index is 12.1. The highest BCUT2D eigenvalue weighted by molar-refractivity contribution is 5.91. The molecule has 2 aromatic carbocycles. The molecule has 0 aromatic heterocycles. The summed E-state index contributed by atoms with van der Waals surface area (Å²) in [6.07, 6.45) is 0. The van der Waals surface area contributed by atoms with E-state index in [0.717, 1.165) is 5.56 Å². The smallest absolute Gasteiger partial charge is 0.338 e. The Morgan fingerprint density at radius 1 is 1.11 bits per heavy atom. The Labute approximate surface area is 157 Å². The maximum Gasteiger partial charge on any atom is 0.338 e. The molecule has 0 aliphatic rings. The summed E-state index contributed by atoms with van der Waals surface area (Å²) in [4.78, 5) is 24.1. The van der Waals surface area contributed by atoms with Crippen LogP contribution < -0.4 is 14.8 Å². The normalized spacial score (nSPS) is 11.0. The molecule has 1 amide bonds. The molecule has 2 aromatic rings. The number of hydrogen-bond donors (Lipinski definition) is 1. The van der Waals surface area contributed by atoms with E-state index in [-0.39, 0.29) is 11.6 Å². The van der Waals surface area contributed by atoms with Crippen LogP contribution in [0.15, 0.2) is 42.5 Å². The Balaban J connectivity index is 1.95. The van der Waals surface area contributed by atoms with Crippen molar-refractivity contribution in [2.24, 2.45) is 0 Å². The first-order valence-electron chi connectivity index (χ1n) is 8.17. The van der Waals surface area contributed by atoms with E-state index in [1.807, 2.05) is 6.07 Å². The van der Waals surface area contributed by atoms with E-state index >= 15 is 0 Å². The lowest BCUT2D eigenvalue weighted by atomic mass is 10.1. The van der Waals surface area contributed by atoms with Gasteiger partial charge in [-0.05, 0) is 49.4 Å². The third kappa shape index (κ3) is 5.22. The van der Waals surface area contributed by atoms with Crippen LogP contribution in [0.5, 0.6) is 11.5 Å². The van der Waals surface area contributed by atoms with Crippen LogP contribution in [0.1, 0.15) is 34.5 Å². The molecule has 1 N–H and O–H groups in total. The quantitative estimate of drug-likeness (QED) is 0.755. The van der Waals surface area contributed by atoms with Gasteiger partial charge in [0.05, 0.1) is 37.5 Å². The van der Waals surface area contributed by atoms with Crippen molar-refractivity contribution in [2.75, 3.05) is 20.8 Å². The van der Waals surface area contributed by atoms with E-state index in [1.165, 1.54) is 24.3 Å². The first kappa shape index (κ1) is 19.8. The van der Waals surface area contributed by atoms with Crippen LogP contribution in [0.2, 0.25) is 0 Å². The lowest BCUT2D eigenvalue weighted by Crippen LogP contribution is -2.31. The van der Waals surface area contributed by atoms with E-state index in [2.05, 4.69) is 5.32 Å². The van der Waals surface area contributed by atoms with Gasteiger partial charge in [-0.1, -0.05) is 0 Å². The average Bonchev–Trinajstić information content (AvgIpc) is 2.71. The fourth-order valence-corrected chi connectivity index (χ4v) is 2.43. The molecular formula is C20H20N2O5. The molecule has 0 aliphatic carbocycles.